The number of hydrogen-bond donors (Lipinski definition) is 0. The molecule has 0 spiro atoms. The molecule has 8 nitrogen and oxygen atoms in total. The largest absolute Gasteiger partial charge is 0.378 e. The standard InChI is InChI=1S/C13H14N6O2S3/c1-19(2)10-6-4-9(5-7-10)13(15-17-18-16-13)23-12-14-8-11(22-12)24(3,20)21/h4-8H,1-3H3. The first-order chi connectivity index (χ1) is 11.3. The van der Waals surface area contributed by atoms with Gasteiger partial charge in [0.15, 0.2) is 14.2 Å². The molecule has 0 amide bonds. The molecule has 0 atom stereocenters. The van der Waals surface area contributed by atoms with Crippen LogP contribution in [0.2, 0.25) is 0 Å². The van der Waals surface area contributed by atoms with Gasteiger partial charge in [-0.15, -0.1) is 10.2 Å². The topological polar surface area (TPSA) is 99.7 Å². The lowest BCUT2D eigenvalue weighted by molar-refractivity contribution is 0.603. The van der Waals surface area contributed by atoms with E-state index in [0.717, 1.165) is 28.8 Å². The Labute approximate surface area is 147 Å². The summed E-state index contributed by atoms with van der Waals surface area (Å²) in [5, 5.41) is 15.5. The van der Waals surface area contributed by atoms with Crippen molar-refractivity contribution in [2.75, 3.05) is 25.3 Å². The van der Waals surface area contributed by atoms with Gasteiger partial charge < -0.3 is 4.90 Å². The predicted molar refractivity (Wildman–Crippen MR) is 93.2 cm³/mol. The lowest BCUT2D eigenvalue weighted by Gasteiger charge is -2.19. The van der Waals surface area contributed by atoms with Crippen LogP contribution in [0.15, 0.2) is 59.7 Å². The number of benzene rings is 1. The highest BCUT2D eigenvalue weighted by molar-refractivity contribution is 8.02. The number of nitrogens with zero attached hydrogens (tertiary/aromatic N) is 6. The fraction of sp³-hybridized carbons (Fsp3) is 0.308. The van der Waals surface area contributed by atoms with E-state index in [1.165, 1.54) is 18.0 Å². The summed E-state index contributed by atoms with van der Waals surface area (Å²) in [6.07, 6.45) is 2.49. The smallest absolute Gasteiger partial charge is 0.272 e. The highest BCUT2D eigenvalue weighted by atomic mass is 32.2. The van der Waals surface area contributed by atoms with Crippen molar-refractivity contribution in [2.24, 2.45) is 20.7 Å². The zero-order valence-corrected chi connectivity index (χ0v) is 15.6. The molecule has 0 unspecified atom stereocenters. The van der Waals surface area contributed by atoms with Gasteiger partial charge in [-0.05, 0) is 34.3 Å². The maximum atomic E-state index is 11.6. The van der Waals surface area contributed by atoms with Gasteiger partial charge in [-0.2, -0.15) is 0 Å². The average molecular weight is 382 g/mol. The molecule has 1 aliphatic heterocycles. The number of sulfone groups is 1. The normalized spacial score (nSPS) is 15.8. The molecular weight excluding hydrogens is 368 g/mol. The third-order valence-corrected chi connectivity index (χ3v) is 7.26. The Kier molecular flexibility index (Phi) is 4.40. The molecule has 2 aromatic rings. The summed E-state index contributed by atoms with van der Waals surface area (Å²) in [6.45, 7) is 0. The molecule has 0 N–H and O–H groups in total. The molecule has 1 aromatic heterocycles. The number of thioether (sulfide) groups is 1. The number of anilines is 1. The van der Waals surface area contributed by atoms with E-state index in [0.29, 0.717) is 4.34 Å². The maximum Gasteiger partial charge on any atom is 0.272 e. The Morgan fingerprint density at radius 3 is 2.25 bits per heavy atom. The summed E-state index contributed by atoms with van der Waals surface area (Å²) >= 11 is 2.29. The quantitative estimate of drug-likeness (QED) is 0.789. The van der Waals surface area contributed by atoms with Crippen molar-refractivity contribution < 1.29 is 8.42 Å². The summed E-state index contributed by atoms with van der Waals surface area (Å²) in [6, 6.07) is 7.70. The van der Waals surface area contributed by atoms with Crippen molar-refractivity contribution in [2.45, 2.75) is 13.5 Å². The van der Waals surface area contributed by atoms with E-state index in [9.17, 15) is 8.42 Å². The molecule has 0 radical (unpaired) electrons. The molecule has 126 valence electrons. The first-order valence-corrected chi connectivity index (χ1v) is 10.3. The Balaban J connectivity index is 1.93. The molecule has 0 aliphatic carbocycles. The molecule has 0 fully saturated rings. The zero-order valence-electron chi connectivity index (χ0n) is 13.1. The summed E-state index contributed by atoms with van der Waals surface area (Å²) in [5.74, 6) is 0. The Morgan fingerprint density at radius 2 is 1.75 bits per heavy atom. The van der Waals surface area contributed by atoms with Crippen LogP contribution in [0.25, 0.3) is 0 Å². The van der Waals surface area contributed by atoms with Crippen molar-refractivity contribution in [3.8, 4) is 0 Å². The van der Waals surface area contributed by atoms with Gasteiger partial charge in [0.2, 0.25) is 0 Å². The van der Waals surface area contributed by atoms with Crippen LogP contribution in [-0.2, 0) is 14.8 Å². The van der Waals surface area contributed by atoms with Gasteiger partial charge in [0.25, 0.3) is 4.99 Å². The van der Waals surface area contributed by atoms with Gasteiger partial charge in [-0.3, -0.25) is 0 Å². The van der Waals surface area contributed by atoms with Crippen LogP contribution in [-0.4, -0.2) is 33.8 Å². The second-order valence-corrected chi connectivity index (χ2v) is 9.94. The molecule has 0 bridgehead atoms. The average Bonchev–Trinajstić information content (AvgIpc) is 3.17. The van der Waals surface area contributed by atoms with Crippen molar-refractivity contribution in [1.29, 1.82) is 0 Å². The van der Waals surface area contributed by atoms with Crippen molar-refractivity contribution >= 4 is 38.6 Å². The lowest BCUT2D eigenvalue weighted by Crippen LogP contribution is -2.14. The molecule has 2 heterocycles. The minimum atomic E-state index is -3.29. The molecule has 24 heavy (non-hydrogen) atoms. The fourth-order valence-corrected chi connectivity index (χ4v) is 5.13. The van der Waals surface area contributed by atoms with Gasteiger partial charge in [0.05, 0.1) is 6.20 Å². The number of aromatic nitrogens is 1. The molecule has 1 aliphatic rings. The van der Waals surface area contributed by atoms with Gasteiger partial charge in [-0.25, -0.2) is 13.4 Å². The highest BCUT2D eigenvalue weighted by Crippen LogP contribution is 2.48. The second-order valence-electron chi connectivity index (χ2n) is 5.25. The Hall–Kier alpha value is -1.85. The summed E-state index contributed by atoms with van der Waals surface area (Å²) < 4.78 is 24.0. The number of hydrogen-bond acceptors (Lipinski definition) is 10. The highest BCUT2D eigenvalue weighted by Gasteiger charge is 2.38. The van der Waals surface area contributed by atoms with Gasteiger partial charge in [0.1, 0.15) is 4.21 Å². The van der Waals surface area contributed by atoms with Gasteiger partial charge in [0, 0.05) is 31.6 Å². The monoisotopic (exact) mass is 382 g/mol. The zero-order chi connectivity index (χ0) is 17.4. The third-order valence-electron chi connectivity index (χ3n) is 3.22. The van der Waals surface area contributed by atoms with Crippen LogP contribution in [0.5, 0.6) is 0 Å². The third kappa shape index (κ3) is 3.32. The van der Waals surface area contributed by atoms with E-state index in [1.54, 1.807) is 0 Å². The number of rotatable bonds is 5. The molecule has 3 rings (SSSR count). The van der Waals surface area contributed by atoms with Crippen LogP contribution in [0.1, 0.15) is 5.56 Å². The van der Waals surface area contributed by atoms with E-state index < -0.39 is 14.8 Å². The predicted octanol–water partition coefficient (Wildman–Crippen LogP) is 3.35. The van der Waals surface area contributed by atoms with Crippen LogP contribution >= 0.6 is 23.1 Å². The van der Waals surface area contributed by atoms with Crippen molar-refractivity contribution in [3.63, 3.8) is 0 Å². The molecular formula is C13H14N6O2S3. The fourth-order valence-electron chi connectivity index (χ4n) is 1.96. The summed E-state index contributed by atoms with van der Waals surface area (Å²) in [4.78, 5) is 5.07. The van der Waals surface area contributed by atoms with Crippen molar-refractivity contribution in [1.82, 2.24) is 4.98 Å². The Morgan fingerprint density at radius 1 is 1.12 bits per heavy atom. The molecule has 0 saturated carbocycles. The Bertz CT molecular complexity index is 890. The van der Waals surface area contributed by atoms with E-state index in [2.05, 4.69) is 25.7 Å². The lowest BCUT2D eigenvalue weighted by atomic mass is 10.1. The van der Waals surface area contributed by atoms with E-state index in [1.807, 2.05) is 43.3 Å². The summed E-state index contributed by atoms with van der Waals surface area (Å²) in [5.41, 5.74) is 1.83. The van der Waals surface area contributed by atoms with Crippen molar-refractivity contribution in [3.05, 3.63) is 36.0 Å². The molecule has 1 aromatic carbocycles. The number of thiazole rings is 1. The van der Waals surface area contributed by atoms with E-state index >= 15 is 0 Å². The van der Waals surface area contributed by atoms with Crippen LogP contribution in [0, 0.1) is 0 Å². The minimum absolute atomic E-state index is 0.204. The van der Waals surface area contributed by atoms with Crippen LogP contribution in [0.3, 0.4) is 0 Å². The van der Waals surface area contributed by atoms with Gasteiger partial charge in [-0.1, -0.05) is 23.5 Å². The molecule has 11 heteroatoms. The summed E-state index contributed by atoms with van der Waals surface area (Å²) in [7, 11) is 0.624. The van der Waals surface area contributed by atoms with Crippen LogP contribution < -0.4 is 4.90 Å². The second kappa shape index (κ2) is 6.22. The first kappa shape index (κ1) is 17.0. The first-order valence-electron chi connectivity index (χ1n) is 6.77. The van der Waals surface area contributed by atoms with Crippen LogP contribution in [0.4, 0.5) is 5.69 Å². The molecule has 0 saturated heterocycles. The SMILES string of the molecule is CN(C)c1ccc(C2(Sc3ncc(S(C)(=O)=O)s3)N=NN=N2)cc1. The van der Waals surface area contributed by atoms with E-state index in [4.69, 9.17) is 0 Å². The minimum Gasteiger partial charge on any atom is -0.378 e. The maximum absolute atomic E-state index is 11.6. The van der Waals surface area contributed by atoms with E-state index in [-0.39, 0.29) is 4.21 Å². The van der Waals surface area contributed by atoms with Gasteiger partial charge >= 0.3 is 0 Å².